The van der Waals surface area contributed by atoms with Gasteiger partial charge in [-0.25, -0.2) is 4.90 Å². The molecule has 2 aromatic carbocycles. The number of anilines is 2. The highest BCUT2D eigenvalue weighted by atomic mass is 35.5. The lowest BCUT2D eigenvalue weighted by Crippen LogP contribution is -2.33. The number of amides is 2. The number of halogens is 1. The number of carbonyl (C=O) groups excluding carboxylic acids is 2. The predicted molar refractivity (Wildman–Crippen MR) is 97.8 cm³/mol. The third kappa shape index (κ3) is 3.10. The van der Waals surface area contributed by atoms with Crippen molar-refractivity contribution in [2.75, 3.05) is 17.3 Å². The summed E-state index contributed by atoms with van der Waals surface area (Å²) in [6.07, 6.45) is 0.700. The van der Waals surface area contributed by atoms with Crippen LogP contribution in [0.25, 0.3) is 0 Å². The molecule has 1 aliphatic heterocycles. The first-order chi connectivity index (χ1) is 12.1. The number of hydrogen-bond donors (Lipinski definition) is 1. The fourth-order valence-corrected chi connectivity index (χ4v) is 2.89. The van der Waals surface area contributed by atoms with Gasteiger partial charge in [0.15, 0.2) is 0 Å². The lowest BCUT2D eigenvalue weighted by molar-refractivity contribution is -0.120. The molecule has 0 saturated heterocycles. The van der Waals surface area contributed by atoms with Crippen LogP contribution in [0, 0.1) is 0 Å². The maximum Gasteiger partial charge on any atom is 0.283 e. The third-order valence-electron chi connectivity index (χ3n) is 4.00. The van der Waals surface area contributed by atoms with Crippen molar-refractivity contribution < 1.29 is 14.3 Å². The zero-order valence-corrected chi connectivity index (χ0v) is 14.6. The lowest BCUT2D eigenvalue weighted by atomic mass is 10.1. The molecule has 2 aromatic rings. The van der Waals surface area contributed by atoms with Gasteiger partial charge in [0.05, 0.1) is 12.8 Å². The minimum absolute atomic E-state index is 0.0720. The minimum Gasteiger partial charge on any atom is -0.497 e. The van der Waals surface area contributed by atoms with Crippen LogP contribution in [0.1, 0.15) is 12.5 Å². The Morgan fingerprint density at radius 1 is 1.04 bits per heavy atom. The van der Waals surface area contributed by atoms with Crippen LogP contribution < -0.4 is 15.0 Å². The molecule has 1 aliphatic rings. The zero-order chi connectivity index (χ0) is 18.0. The summed E-state index contributed by atoms with van der Waals surface area (Å²) in [6.45, 7) is 1.97. The average Bonchev–Trinajstić information content (AvgIpc) is 2.85. The van der Waals surface area contributed by atoms with Gasteiger partial charge in [0.25, 0.3) is 11.8 Å². The molecular weight excluding hydrogens is 340 g/mol. The molecule has 128 valence electrons. The van der Waals surface area contributed by atoms with Crippen LogP contribution in [-0.4, -0.2) is 18.9 Å². The van der Waals surface area contributed by atoms with E-state index >= 15 is 0 Å². The number of ether oxygens (including phenoxy) is 1. The Morgan fingerprint density at radius 3 is 2.36 bits per heavy atom. The van der Waals surface area contributed by atoms with E-state index in [1.165, 1.54) is 0 Å². The number of para-hydroxylation sites is 1. The second kappa shape index (κ2) is 6.99. The highest BCUT2D eigenvalue weighted by Gasteiger charge is 2.39. The Hall–Kier alpha value is -2.79. The van der Waals surface area contributed by atoms with Gasteiger partial charge in [-0.2, -0.15) is 0 Å². The van der Waals surface area contributed by atoms with Crippen LogP contribution in [0.15, 0.2) is 59.3 Å². The van der Waals surface area contributed by atoms with Gasteiger partial charge in [-0.05, 0) is 42.3 Å². The number of methoxy groups -OCH3 is 1. The van der Waals surface area contributed by atoms with E-state index in [1.54, 1.807) is 43.5 Å². The first-order valence-electron chi connectivity index (χ1n) is 7.84. The van der Waals surface area contributed by atoms with Crippen LogP contribution in [0.5, 0.6) is 5.75 Å². The number of nitrogens with zero attached hydrogens (tertiary/aromatic N) is 1. The van der Waals surface area contributed by atoms with Crippen molar-refractivity contribution in [1.82, 2.24) is 0 Å². The lowest BCUT2D eigenvalue weighted by Gasteiger charge is -2.18. The van der Waals surface area contributed by atoms with Crippen molar-refractivity contribution in [1.29, 1.82) is 0 Å². The van der Waals surface area contributed by atoms with E-state index in [-0.39, 0.29) is 10.7 Å². The van der Waals surface area contributed by atoms with Crippen LogP contribution >= 0.6 is 11.6 Å². The zero-order valence-electron chi connectivity index (χ0n) is 13.9. The van der Waals surface area contributed by atoms with Gasteiger partial charge in [-0.15, -0.1) is 0 Å². The van der Waals surface area contributed by atoms with Crippen molar-refractivity contribution in [2.45, 2.75) is 13.3 Å². The number of nitrogens with one attached hydrogen (secondary N) is 1. The molecular formula is C19H17ClN2O3. The predicted octanol–water partition coefficient (Wildman–Crippen LogP) is 3.69. The van der Waals surface area contributed by atoms with Gasteiger partial charge in [-0.3, -0.25) is 9.59 Å². The summed E-state index contributed by atoms with van der Waals surface area (Å²) in [4.78, 5) is 26.5. The summed E-state index contributed by atoms with van der Waals surface area (Å²) in [5.41, 5.74) is 2.17. The molecule has 0 atom stereocenters. The normalized spacial score (nSPS) is 14.3. The molecule has 2 amide bonds. The van der Waals surface area contributed by atoms with Crippen LogP contribution in [-0.2, 0) is 16.0 Å². The van der Waals surface area contributed by atoms with Gasteiger partial charge in [0.2, 0.25) is 0 Å². The molecule has 0 saturated carbocycles. The van der Waals surface area contributed by atoms with Crippen LogP contribution in [0.3, 0.4) is 0 Å². The van der Waals surface area contributed by atoms with Gasteiger partial charge in [0.1, 0.15) is 16.5 Å². The quantitative estimate of drug-likeness (QED) is 0.830. The van der Waals surface area contributed by atoms with Crippen molar-refractivity contribution >= 4 is 34.8 Å². The molecule has 0 radical (unpaired) electrons. The van der Waals surface area contributed by atoms with Gasteiger partial charge in [-0.1, -0.05) is 36.7 Å². The molecule has 1 N–H and O–H groups in total. The van der Waals surface area contributed by atoms with E-state index in [0.717, 1.165) is 10.5 Å². The molecule has 0 spiro atoms. The minimum atomic E-state index is -0.524. The Kier molecular flexibility index (Phi) is 4.76. The number of carbonyl (C=O) groups is 2. The molecule has 1 heterocycles. The standard InChI is InChI=1S/C19H17ClN2O3/c1-3-12-6-4-5-7-15(12)22-18(23)16(20)17(19(22)24)21-13-8-10-14(25-2)11-9-13/h4-11,21H,3H2,1-2H3. The third-order valence-corrected chi connectivity index (χ3v) is 4.35. The number of hydrogen-bond acceptors (Lipinski definition) is 4. The maximum atomic E-state index is 12.8. The van der Waals surface area contributed by atoms with Crippen molar-refractivity contribution in [3.63, 3.8) is 0 Å². The largest absolute Gasteiger partial charge is 0.497 e. The van der Waals surface area contributed by atoms with Gasteiger partial charge in [0, 0.05) is 5.69 Å². The maximum absolute atomic E-state index is 12.8. The van der Waals surface area contributed by atoms with E-state index in [9.17, 15) is 9.59 Å². The van der Waals surface area contributed by atoms with Crippen LogP contribution in [0.2, 0.25) is 0 Å². The summed E-state index contributed by atoms with van der Waals surface area (Å²) in [5.74, 6) is -0.298. The van der Waals surface area contributed by atoms with E-state index < -0.39 is 11.8 Å². The molecule has 0 aliphatic carbocycles. The smallest absolute Gasteiger partial charge is 0.283 e. The van der Waals surface area contributed by atoms with E-state index in [4.69, 9.17) is 16.3 Å². The van der Waals surface area contributed by atoms with Gasteiger partial charge >= 0.3 is 0 Å². The number of imide groups is 1. The fourth-order valence-electron chi connectivity index (χ4n) is 2.68. The number of aryl methyl sites for hydroxylation is 1. The number of rotatable bonds is 5. The molecule has 5 nitrogen and oxygen atoms in total. The van der Waals surface area contributed by atoms with Gasteiger partial charge < -0.3 is 10.1 Å². The molecule has 25 heavy (non-hydrogen) atoms. The summed E-state index contributed by atoms with van der Waals surface area (Å²) < 4.78 is 5.10. The summed E-state index contributed by atoms with van der Waals surface area (Å²) in [5, 5.41) is 2.82. The molecule has 0 unspecified atom stereocenters. The molecule has 3 rings (SSSR count). The topological polar surface area (TPSA) is 58.6 Å². The first-order valence-corrected chi connectivity index (χ1v) is 8.22. The Bertz CT molecular complexity index is 859. The Morgan fingerprint density at radius 2 is 1.72 bits per heavy atom. The number of benzene rings is 2. The Labute approximate surface area is 150 Å². The van der Waals surface area contributed by atoms with E-state index in [2.05, 4.69) is 5.32 Å². The highest BCUT2D eigenvalue weighted by molar-refractivity contribution is 6.53. The molecule has 0 fully saturated rings. The molecule has 6 heteroatoms. The second-order valence-corrected chi connectivity index (χ2v) is 5.85. The van der Waals surface area contributed by atoms with Crippen LogP contribution in [0.4, 0.5) is 11.4 Å². The van der Waals surface area contributed by atoms with Crippen molar-refractivity contribution in [3.8, 4) is 5.75 Å². The Balaban J connectivity index is 1.91. The SMILES string of the molecule is CCc1ccccc1N1C(=O)C(Cl)=C(Nc2ccc(OC)cc2)C1=O. The highest BCUT2D eigenvalue weighted by Crippen LogP contribution is 2.32. The second-order valence-electron chi connectivity index (χ2n) is 5.47. The monoisotopic (exact) mass is 356 g/mol. The van der Waals surface area contributed by atoms with E-state index in [1.807, 2.05) is 19.1 Å². The average molecular weight is 357 g/mol. The van der Waals surface area contributed by atoms with Crippen molar-refractivity contribution in [2.24, 2.45) is 0 Å². The summed E-state index contributed by atoms with van der Waals surface area (Å²) in [6, 6.07) is 14.3. The molecule has 0 bridgehead atoms. The summed E-state index contributed by atoms with van der Waals surface area (Å²) in [7, 11) is 1.57. The fraction of sp³-hybridized carbons (Fsp3) is 0.158. The van der Waals surface area contributed by atoms with Crippen molar-refractivity contribution in [3.05, 3.63) is 64.8 Å². The van der Waals surface area contributed by atoms with E-state index in [0.29, 0.717) is 23.5 Å². The summed E-state index contributed by atoms with van der Waals surface area (Å²) >= 11 is 6.15. The first kappa shape index (κ1) is 17.0. The molecule has 0 aromatic heterocycles.